The monoisotopic (exact) mass is 556 g/mol. The topological polar surface area (TPSA) is 75.2 Å². The van der Waals surface area contributed by atoms with Gasteiger partial charge in [-0.05, 0) is 43.9 Å². The van der Waals surface area contributed by atoms with Crippen molar-refractivity contribution >= 4 is 35.8 Å². The van der Waals surface area contributed by atoms with Crippen LogP contribution in [0.2, 0.25) is 0 Å². The van der Waals surface area contributed by atoms with E-state index in [-0.39, 0.29) is 41.3 Å². The van der Waals surface area contributed by atoms with Gasteiger partial charge in [0.05, 0.1) is 6.54 Å². The molecule has 178 valence electrons. The van der Waals surface area contributed by atoms with Crippen LogP contribution >= 0.6 is 24.0 Å². The van der Waals surface area contributed by atoms with Gasteiger partial charge in [-0.25, -0.2) is 0 Å². The van der Waals surface area contributed by atoms with Gasteiger partial charge in [0.15, 0.2) is 17.5 Å². The van der Waals surface area contributed by atoms with Crippen LogP contribution in [-0.4, -0.2) is 55.8 Å². The lowest BCUT2D eigenvalue weighted by molar-refractivity contribution is -0.129. The van der Waals surface area contributed by atoms with E-state index >= 15 is 0 Å². The van der Waals surface area contributed by atoms with Gasteiger partial charge in [0.1, 0.15) is 0 Å². The maximum Gasteiger partial charge on any atom is 0.231 e. The van der Waals surface area contributed by atoms with Crippen LogP contribution in [0, 0.1) is 0 Å². The summed E-state index contributed by atoms with van der Waals surface area (Å²) in [5, 5.41) is 6.98. The lowest BCUT2D eigenvalue weighted by Crippen LogP contribution is -2.46. The summed E-state index contributed by atoms with van der Waals surface area (Å²) in [6.07, 6.45) is 7.55. The van der Waals surface area contributed by atoms with E-state index in [9.17, 15) is 4.79 Å². The summed E-state index contributed by atoms with van der Waals surface area (Å²) in [4.78, 5) is 19.0. The standard InChI is InChI=1S/C24H36N4O3.HI/c1-3-22(29)28-13-10-19(15-28)27-23(25-4-2)26-16-24(11-6-5-7-12-24)18-8-9-20-21(14-18)31-17-30-20;/h8-9,14,19H,3-7,10-13,15-17H2,1-2H3,(H2,25,26,27);1H. The molecule has 32 heavy (non-hydrogen) atoms. The van der Waals surface area contributed by atoms with Crippen molar-refractivity contribution in [2.24, 2.45) is 4.99 Å². The number of rotatable bonds is 6. The van der Waals surface area contributed by atoms with Gasteiger partial charge >= 0.3 is 0 Å². The van der Waals surface area contributed by atoms with E-state index in [4.69, 9.17) is 14.5 Å². The number of hydrogen-bond donors (Lipinski definition) is 2. The Kier molecular flexibility index (Phi) is 8.90. The lowest BCUT2D eigenvalue weighted by atomic mass is 9.69. The second-order valence-electron chi connectivity index (χ2n) is 8.93. The number of aliphatic imine (C=N–C) groups is 1. The smallest absolute Gasteiger partial charge is 0.231 e. The normalized spacial score (nSPS) is 21.8. The summed E-state index contributed by atoms with van der Waals surface area (Å²) in [5.74, 6) is 2.77. The first-order chi connectivity index (χ1) is 15.1. The number of carbonyl (C=O) groups is 1. The molecule has 2 N–H and O–H groups in total. The minimum Gasteiger partial charge on any atom is -0.454 e. The molecule has 3 aliphatic rings. The fraction of sp³-hybridized carbons (Fsp3) is 0.667. The predicted octanol–water partition coefficient (Wildman–Crippen LogP) is 3.80. The van der Waals surface area contributed by atoms with Crippen molar-refractivity contribution in [1.82, 2.24) is 15.5 Å². The lowest BCUT2D eigenvalue weighted by Gasteiger charge is -2.37. The van der Waals surface area contributed by atoms with Crippen LogP contribution in [0.4, 0.5) is 0 Å². The van der Waals surface area contributed by atoms with Crippen molar-refractivity contribution in [3.63, 3.8) is 0 Å². The molecule has 1 aromatic rings. The van der Waals surface area contributed by atoms with Crippen molar-refractivity contribution < 1.29 is 14.3 Å². The second-order valence-corrected chi connectivity index (χ2v) is 8.93. The first-order valence-corrected chi connectivity index (χ1v) is 11.9. The third-order valence-corrected chi connectivity index (χ3v) is 6.86. The van der Waals surface area contributed by atoms with E-state index in [0.717, 1.165) is 62.9 Å². The number of benzene rings is 1. The molecule has 1 atom stereocenters. The summed E-state index contributed by atoms with van der Waals surface area (Å²) in [5.41, 5.74) is 1.33. The summed E-state index contributed by atoms with van der Waals surface area (Å²) >= 11 is 0. The molecule has 1 aromatic carbocycles. The Morgan fingerprint density at radius 2 is 1.97 bits per heavy atom. The number of halogens is 1. The quantitative estimate of drug-likeness (QED) is 0.317. The number of nitrogens with one attached hydrogen (secondary N) is 2. The van der Waals surface area contributed by atoms with Gasteiger partial charge in [-0.15, -0.1) is 24.0 Å². The van der Waals surface area contributed by atoms with Crippen LogP contribution in [0.5, 0.6) is 11.5 Å². The van der Waals surface area contributed by atoms with Gasteiger partial charge in [-0.2, -0.15) is 0 Å². The second kappa shape index (κ2) is 11.4. The predicted molar refractivity (Wildman–Crippen MR) is 137 cm³/mol. The van der Waals surface area contributed by atoms with Crippen LogP contribution in [0.3, 0.4) is 0 Å². The molecule has 1 unspecified atom stereocenters. The van der Waals surface area contributed by atoms with Gasteiger partial charge in [-0.3, -0.25) is 9.79 Å². The summed E-state index contributed by atoms with van der Waals surface area (Å²) < 4.78 is 11.2. The van der Waals surface area contributed by atoms with Crippen LogP contribution in [-0.2, 0) is 10.2 Å². The zero-order valence-electron chi connectivity index (χ0n) is 19.3. The average Bonchev–Trinajstić information content (AvgIpc) is 3.47. The van der Waals surface area contributed by atoms with E-state index in [1.165, 1.54) is 24.8 Å². The van der Waals surface area contributed by atoms with Crippen molar-refractivity contribution in [3.05, 3.63) is 23.8 Å². The number of nitrogens with zero attached hydrogens (tertiary/aromatic N) is 2. The highest BCUT2D eigenvalue weighted by atomic mass is 127. The summed E-state index contributed by atoms with van der Waals surface area (Å²) in [7, 11) is 0. The molecule has 1 amide bonds. The molecule has 8 heteroatoms. The molecule has 2 fully saturated rings. The van der Waals surface area contributed by atoms with E-state index in [2.05, 4.69) is 29.7 Å². The molecule has 1 aliphatic carbocycles. The number of carbonyl (C=O) groups excluding carboxylic acids is 1. The van der Waals surface area contributed by atoms with Crippen LogP contribution in [0.1, 0.15) is 64.4 Å². The maximum atomic E-state index is 12.0. The van der Waals surface area contributed by atoms with E-state index in [0.29, 0.717) is 13.2 Å². The molecule has 0 radical (unpaired) electrons. The molecule has 1 saturated heterocycles. The molecule has 2 aliphatic heterocycles. The van der Waals surface area contributed by atoms with Crippen molar-refractivity contribution in [1.29, 1.82) is 0 Å². The van der Waals surface area contributed by atoms with E-state index in [1.54, 1.807) is 0 Å². The molecule has 2 heterocycles. The van der Waals surface area contributed by atoms with Gasteiger partial charge in [-0.1, -0.05) is 32.3 Å². The molecule has 0 bridgehead atoms. The van der Waals surface area contributed by atoms with Gasteiger partial charge in [0, 0.05) is 37.5 Å². The Hall–Kier alpha value is -1.71. The highest BCUT2D eigenvalue weighted by Crippen LogP contribution is 2.43. The minimum absolute atomic E-state index is 0. The summed E-state index contributed by atoms with van der Waals surface area (Å²) in [6, 6.07) is 6.65. The number of hydrogen-bond acceptors (Lipinski definition) is 4. The van der Waals surface area contributed by atoms with E-state index in [1.807, 2.05) is 17.9 Å². The third-order valence-electron chi connectivity index (χ3n) is 6.86. The van der Waals surface area contributed by atoms with Gasteiger partial charge < -0.3 is 25.0 Å². The molecule has 1 saturated carbocycles. The molecular weight excluding hydrogens is 519 g/mol. The van der Waals surface area contributed by atoms with Crippen LogP contribution < -0.4 is 20.1 Å². The fourth-order valence-corrected chi connectivity index (χ4v) is 5.07. The SMILES string of the molecule is CCNC(=NCC1(c2ccc3c(c2)OCO3)CCCCC1)NC1CCN(C(=O)CC)C1.I. The number of fused-ring (bicyclic) bond motifs is 1. The van der Waals surface area contributed by atoms with Gasteiger partial charge in [0.25, 0.3) is 0 Å². The largest absolute Gasteiger partial charge is 0.454 e. The van der Waals surface area contributed by atoms with Crippen LogP contribution in [0.25, 0.3) is 0 Å². The van der Waals surface area contributed by atoms with Gasteiger partial charge in [0.2, 0.25) is 12.7 Å². The molecule has 7 nitrogen and oxygen atoms in total. The Morgan fingerprint density at radius 3 is 2.72 bits per heavy atom. The molecular formula is C24H37IN4O3. The average molecular weight is 556 g/mol. The Bertz CT molecular complexity index is 810. The Morgan fingerprint density at radius 1 is 1.19 bits per heavy atom. The Labute approximate surface area is 208 Å². The maximum absolute atomic E-state index is 12.0. The number of amides is 1. The number of ether oxygens (including phenoxy) is 2. The highest BCUT2D eigenvalue weighted by molar-refractivity contribution is 14.0. The first kappa shape index (κ1) is 24.9. The first-order valence-electron chi connectivity index (χ1n) is 11.9. The van der Waals surface area contributed by atoms with Crippen molar-refractivity contribution in [2.75, 3.05) is 33.0 Å². The minimum atomic E-state index is 0. The molecule has 0 spiro atoms. The summed E-state index contributed by atoms with van der Waals surface area (Å²) in [6.45, 7) is 7.45. The molecule has 0 aromatic heterocycles. The molecule has 4 rings (SSSR count). The van der Waals surface area contributed by atoms with Crippen LogP contribution in [0.15, 0.2) is 23.2 Å². The third kappa shape index (κ3) is 5.61. The van der Waals surface area contributed by atoms with Crippen molar-refractivity contribution in [2.45, 2.75) is 70.3 Å². The zero-order valence-corrected chi connectivity index (χ0v) is 21.7. The van der Waals surface area contributed by atoms with E-state index < -0.39 is 0 Å². The Balaban J connectivity index is 0.00000289. The zero-order chi connectivity index (χ0) is 21.7. The number of likely N-dealkylation sites (tertiary alicyclic amines) is 1. The fourth-order valence-electron chi connectivity index (χ4n) is 5.07. The number of guanidine groups is 1. The highest BCUT2D eigenvalue weighted by Gasteiger charge is 2.35. The van der Waals surface area contributed by atoms with Crippen molar-refractivity contribution in [3.8, 4) is 11.5 Å².